The summed E-state index contributed by atoms with van der Waals surface area (Å²) in [5.74, 6) is -0.962. The molecule has 0 fully saturated rings. The van der Waals surface area contributed by atoms with Crippen LogP contribution in [0.15, 0.2) is 54.9 Å². The third-order valence-corrected chi connectivity index (χ3v) is 4.75. The Morgan fingerprint density at radius 3 is 2.50 bits per heavy atom. The first-order valence-electron chi connectivity index (χ1n) is 8.68. The van der Waals surface area contributed by atoms with Gasteiger partial charge in [0.25, 0.3) is 0 Å². The molecule has 1 aliphatic rings. The van der Waals surface area contributed by atoms with Crippen LogP contribution in [0, 0.1) is 0 Å². The van der Waals surface area contributed by atoms with Gasteiger partial charge < -0.3 is 5.11 Å². The topological polar surface area (TPSA) is 71.2 Å². The second-order valence-corrected chi connectivity index (χ2v) is 6.54. The van der Waals surface area contributed by atoms with Crippen LogP contribution < -0.4 is 0 Å². The largest absolute Gasteiger partial charge is 0.476 e. The number of aromatic carboxylic acids is 1. The van der Waals surface area contributed by atoms with Gasteiger partial charge in [0.15, 0.2) is 5.69 Å². The van der Waals surface area contributed by atoms with Crippen LogP contribution in [0.2, 0.25) is 0 Å². The van der Waals surface area contributed by atoms with E-state index in [0.717, 1.165) is 36.3 Å². The van der Waals surface area contributed by atoms with Crippen molar-refractivity contribution in [1.82, 2.24) is 19.7 Å². The fraction of sp³-hybridized carbons (Fsp3) is 0.250. The number of fused-ring (bicyclic) bond motifs is 1. The molecule has 0 bridgehead atoms. The molecule has 0 spiro atoms. The minimum Gasteiger partial charge on any atom is -0.476 e. The van der Waals surface area contributed by atoms with E-state index >= 15 is 0 Å². The molecule has 1 aromatic carbocycles. The summed E-state index contributed by atoms with van der Waals surface area (Å²) in [5.41, 5.74) is 4.34. The highest BCUT2D eigenvalue weighted by atomic mass is 16.4. The van der Waals surface area contributed by atoms with Crippen LogP contribution in [-0.2, 0) is 26.1 Å². The Hall–Kier alpha value is -2.99. The summed E-state index contributed by atoms with van der Waals surface area (Å²) in [6, 6.07) is 14.1. The molecule has 4 rings (SSSR count). The van der Waals surface area contributed by atoms with Crippen LogP contribution in [0.25, 0.3) is 0 Å². The lowest BCUT2D eigenvalue weighted by atomic mass is 10.0. The first kappa shape index (κ1) is 16.5. The Balaban J connectivity index is 1.60. The SMILES string of the molecule is O=C(O)c1nn(Cc2ccncc2)c2c1CN(Cc1ccccc1)CC2. The van der Waals surface area contributed by atoms with Crippen molar-refractivity contribution >= 4 is 5.97 Å². The van der Waals surface area contributed by atoms with E-state index < -0.39 is 5.97 Å². The number of nitrogens with zero attached hydrogens (tertiary/aromatic N) is 4. The van der Waals surface area contributed by atoms with Crippen molar-refractivity contribution in [3.05, 3.63) is 82.9 Å². The molecular formula is C20H20N4O2. The molecule has 3 heterocycles. The molecule has 0 aliphatic carbocycles. The Kier molecular flexibility index (Phi) is 4.50. The first-order valence-corrected chi connectivity index (χ1v) is 8.68. The molecule has 6 heteroatoms. The van der Waals surface area contributed by atoms with E-state index in [9.17, 15) is 9.90 Å². The fourth-order valence-electron chi connectivity index (χ4n) is 3.49. The van der Waals surface area contributed by atoms with Crippen LogP contribution in [-0.4, -0.2) is 37.3 Å². The molecule has 0 atom stereocenters. The van der Waals surface area contributed by atoms with Gasteiger partial charge in [-0.05, 0) is 23.3 Å². The Morgan fingerprint density at radius 1 is 1.04 bits per heavy atom. The number of benzene rings is 1. The minimum atomic E-state index is -0.962. The van der Waals surface area contributed by atoms with E-state index in [1.54, 1.807) is 12.4 Å². The van der Waals surface area contributed by atoms with Crippen molar-refractivity contribution in [2.24, 2.45) is 0 Å². The maximum absolute atomic E-state index is 11.7. The second-order valence-electron chi connectivity index (χ2n) is 6.54. The van der Waals surface area contributed by atoms with Gasteiger partial charge in [-0.25, -0.2) is 4.79 Å². The molecule has 3 aromatic rings. The molecule has 0 radical (unpaired) electrons. The lowest BCUT2D eigenvalue weighted by molar-refractivity contribution is 0.0687. The van der Waals surface area contributed by atoms with Gasteiger partial charge in [0.2, 0.25) is 0 Å². The summed E-state index contributed by atoms with van der Waals surface area (Å²) < 4.78 is 1.84. The average Bonchev–Trinajstić information content (AvgIpc) is 3.01. The van der Waals surface area contributed by atoms with E-state index in [4.69, 9.17) is 0 Å². The molecule has 26 heavy (non-hydrogen) atoms. The molecule has 1 N–H and O–H groups in total. The molecular weight excluding hydrogens is 328 g/mol. The molecule has 0 amide bonds. The highest BCUT2D eigenvalue weighted by Crippen LogP contribution is 2.25. The summed E-state index contributed by atoms with van der Waals surface area (Å²) in [6.07, 6.45) is 4.28. The molecule has 0 saturated heterocycles. The minimum absolute atomic E-state index is 0.173. The third kappa shape index (κ3) is 3.36. The van der Waals surface area contributed by atoms with Crippen molar-refractivity contribution in [2.45, 2.75) is 26.1 Å². The van der Waals surface area contributed by atoms with E-state index in [2.05, 4.69) is 27.1 Å². The van der Waals surface area contributed by atoms with Crippen molar-refractivity contribution in [1.29, 1.82) is 0 Å². The second kappa shape index (κ2) is 7.09. The monoisotopic (exact) mass is 348 g/mol. The maximum atomic E-state index is 11.7. The number of carboxylic acids is 1. The van der Waals surface area contributed by atoms with Gasteiger partial charge in [0, 0.05) is 49.7 Å². The Bertz CT molecular complexity index is 906. The molecule has 0 unspecified atom stereocenters. The van der Waals surface area contributed by atoms with E-state index in [-0.39, 0.29) is 5.69 Å². The van der Waals surface area contributed by atoms with E-state index in [1.165, 1.54) is 5.56 Å². The van der Waals surface area contributed by atoms with Gasteiger partial charge in [0.1, 0.15) is 0 Å². The third-order valence-electron chi connectivity index (χ3n) is 4.75. The van der Waals surface area contributed by atoms with Crippen LogP contribution >= 0.6 is 0 Å². The van der Waals surface area contributed by atoms with Crippen LogP contribution in [0.1, 0.15) is 32.9 Å². The predicted octanol–water partition coefficient (Wildman–Crippen LogP) is 2.58. The van der Waals surface area contributed by atoms with Gasteiger partial charge in [-0.1, -0.05) is 30.3 Å². The first-order chi connectivity index (χ1) is 12.7. The summed E-state index contributed by atoms with van der Waals surface area (Å²) in [4.78, 5) is 18.0. The number of hydrogen-bond donors (Lipinski definition) is 1. The number of aromatic nitrogens is 3. The molecule has 0 saturated carbocycles. The summed E-state index contributed by atoms with van der Waals surface area (Å²) in [6.45, 7) is 2.89. The average molecular weight is 348 g/mol. The van der Waals surface area contributed by atoms with Gasteiger partial charge in [0.05, 0.1) is 6.54 Å². The zero-order valence-electron chi connectivity index (χ0n) is 14.4. The molecule has 132 valence electrons. The number of pyridine rings is 1. The fourth-order valence-corrected chi connectivity index (χ4v) is 3.49. The predicted molar refractivity (Wildman–Crippen MR) is 96.8 cm³/mol. The molecule has 2 aromatic heterocycles. The van der Waals surface area contributed by atoms with Crippen LogP contribution in [0.4, 0.5) is 0 Å². The van der Waals surface area contributed by atoms with Gasteiger partial charge in [-0.2, -0.15) is 5.10 Å². The lowest BCUT2D eigenvalue weighted by Gasteiger charge is -2.27. The number of rotatable bonds is 5. The van der Waals surface area contributed by atoms with Crippen molar-refractivity contribution < 1.29 is 9.90 Å². The zero-order valence-corrected chi connectivity index (χ0v) is 14.4. The number of carbonyl (C=O) groups is 1. The smallest absolute Gasteiger partial charge is 0.356 e. The zero-order chi connectivity index (χ0) is 17.9. The van der Waals surface area contributed by atoms with Crippen molar-refractivity contribution in [3.8, 4) is 0 Å². The highest BCUT2D eigenvalue weighted by Gasteiger charge is 2.28. The van der Waals surface area contributed by atoms with Crippen molar-refractivity contribution in [3.63, 3.8) is 0 Å². The van der Waals surface area contributed by atoms with Crippen molar-refractivity contribution in [2.75, 3.05) is 6.54 Å². The molecule has 1 aliphatic heterocycles. The molecule has 6 nitrogen and oxygen atoms in total. The number of hydrogen-bond acceptors (Lipinski definition) is 4. The van der Waals surface area contributed by atoms with Crippen LogP contribution in [0.5, 0.6) is 0 Å². The summed E-state index contributed by atoms with van der Waals surface area (Å²) in [5, 5.41) is 14.0. The van der Waals surface area contributed by atoms with Crippen LogP contribution in [0.3, 0.4) is 0 Å². The normalized spacial score (nSPS) is 14.2. The van der Waals surface area contributed by atoms with Gasteiger partial charge in [-0.3, -0.25) is 14.6 Å². The summed E-state index contributed by atoms with van der Waals surface area (Å²) >= 11 is 0. The maximum Gasteiger partial charge on any atom is 0.356 e. The quantitative estimate of drug-likeness (QED) is 0.767. The Morgan fingerprint density at radius 2 is 1.77 bits per heavy atom. The highest BCUT2D eigenvalue weighted by molar-refractivity contribution is 5.87. The lowest BCUT2D eigenvalue weighted by Crippen LogP contribution is -2.31. The van der Waals surface area contributed by atoms with E-state index in [0.29, 0.717) is 13.1 Å². The standard InChI is InChI=1S/C20H20N4O2/c25-20(26)19-17-14-23(12-15-4-2-1-3-5-15)11-8-18(17)24(22-19)13-16-6-9-21-10-7-16/h1-7,9-10H,8,11-14H2,(H,25,26). The van der Waals surface area contributed by atoms with Gasteiger partial charge in [-0.15, -0.1) is 0 Å². The Labute approximate surface area is 151 Å². The van der Waals surface area contributed by atoms with E-state index in [1.807, 2.05) is 35.0 Å². The van der Waals surface area contributed by atoms with Gasteiger partial charge >= 0.3 is 5.97 Å². The number of carboxylic acid groups (broad SMARTS) is 1. The summed E-state index contributed by atoms with van der Waals surface area (Å²) in [7, 11) is 0.